The molecule has 0 radical (unpaired) electrons. The standard InChI is InChI=1S/C12H10F3NO6/c1-11(9(17)18,10(19)20)5-6-2-3-7(16(21)22)4-8(6)12(13,14)15/h2-4H,5H2,1H3,(H,17,18)(H,19,20). The van der Waals surface area contributed by atoms with Crippen molar-refractivity contribution in [1.82, 2.24) is 0 Å². The summed E-state index contributed by atoms with van der Waals surface area (Å²) < 4.78 is 38.9. The van der Waals surface area contributed by atoms with Crippen LogP contribution < -0.4 is 0 Å². The molecule has 10 heteroatoms. The first-order valence-corrected chi connectivity index (χ1v) is 5.71. The summed E-state index contributed by atoms with van der Waals surface area (Å²) in [7, 11) is 0. The van der Waals surface area contributed by atoms with Crippen molar-refractivity contribution in [2.45, 2.75) is 19.5 Å². The zero-order valence-corrected chi connectivity index (χ0v) is 11.0. The van der Waals surface area contributed by atoms with Crippen LogP contribution in [0.4, 0.5) is 18.9 Å². The zero-order valence-electron chi connectivity index (χ0n) is 11.0. The van der Waals surface area contributed by atoms with Gasteiger partial charge in [-0.3, -0.25) is 19.7 Å². The Morgan fingerprint density at radius 2 is 1.73 bits per heavy atom. The predicted octanol–water partition coefficient (Wildman–Crippen LogP) is 2.33. The number of carbonyl (C=O) groups is 2. The van der Waals surface area contributed by atoms with Gasteiger partial charge in [-0.2, -0.15) is 13.2 Å². The number of hydrogen-bond donors (Lipinski definition) is 2. The molecule has 0 heterocycles. The van der Waals surface area contributed by atoms with Crippen LogP contribution in [0.2, 0.25) is 0 Å². The Hall–Kier alpha value is -2.65. The van der Waals surface area contributed by atoms with Gasteiger partial charge >= 0.3 is 18.1 Å². The SMILES string of the molecule is CC(Cc1ccc([N+](=O)[O-])cc1C(F)(F)F)(C(=O)O)C(=O)O. The van der Waals surface area contributed by atoms with Crippen molar-refractivity contribution in [2.75, 3.05) is 0 Å². The van der Waals surface area contributed by atoms with Crippen molar-refractivity contribution in [1.29, 1.82) is 0 Å². The third kappa shape index (κ3) is 3.32. The van der Waals surface area contributed by atoms with Gasteiger partial charge in [0.2, 0.25) is 0 Å². The monoisotopic (exact) mass is 321 g/mol. The molecule has 120 valence electrons. The van der Waals surface area contributed by atoms with Crippen LogP contribution in [-0.4, -0.2) is 27.1 Å². The second kappa shape index (κ2) is 5.62. The Balaban J connectivity index is 3.45. The van der Waals surface area contributed by atoms with E-state index in [0.29, 0.717) is 6.07 Å². The molecule has 1 rings (SSSR count). The van der Waals surface area contributed by atoms with E-state index in [1.807, 2.05) is 0 Å². The van der Waals surface area contributed by atoms with E-state index < -0.39 is 51.7 Å². The Morgan fingerprint density at radius 3 is 2.09 bits per heavy atom. The third-order valence-electron chi connectivity index (χ3n) is 3.10. The maximum absolute atomic E-state index is 13.0. The van der Waals surface area contributed by atoms with Gasteiger partial charge in [0.1, 0.15) is 0 Å². The molecule has 0 aromatic heterocycles. The number of nitro groups is 1. The fourth-order valence-electron chi connectivity index (χ4n) is 1.72. The number of halogens is 3. The van der Waals surface area contributed by atoms with Crippen LogP contribution in [0, 0.1) is 15.5 Å². The first-order chi connectivity index (χ1) is 9.89. The summed E-state index contributed by atoms with van der Waals surface area (Å²) >= 11 is 0. The third-order valence-corrected chi connectivity index (χ3v) is 3.10. The lowest BCUT2D eigenvalue weighted by molar-refractivity contribution is -0.385. The number of hydrogen-bond acceptors (Lipinski definition) is 4. The van der Waals surface area contributed by atoms with Crippen molar-refractivity contribution in [3.8, 4) is 0 Å². The summed E-state index contributed by atoms with van der Waals surface area (Å²) in [5.74, 6) is -3.63. The predicted molar refractivity (Wildman–Crippen MR) is 65.2 cm³/mol. The lowest BCUT2D eigenvalue weighted by Gasteiger charge is -2.22. The highest BCUT2D eigenvalue weighted by atomic mass is 19.4. The number of nitro benzene ring substituents is 1. The Bertz CT molecular complexity index is 626. The van der Waals surface area contributed by atoms with Gasteiger partial charge in [0.05, 0.1) is 10.5 Å². The highest BCUT2D eigenvalue weighted by Crippen LogP contribution is 2.37. The van der Waals surface area contributed by atoms with Gasteiger partial charge in [-0.15, -0.1) is 0 Å². The molecule has 0 unspecified atom stereocenters. The molecule has 1 aromatic carbocycles. The van der Waals surface area contributed by atoms with Crippen LogP contribution in [0.5, 0.6) is 0 Å². The number of carboxylic acid groups (broad SMARTS) is 2. The topological polar surface area (TPSA) is 118 Å². The average molecular weight is 321 g/mol. The number of rotatable bonds is 5. The Labute approximate surface area is 121 Å². The van der Waals surface area contributed by atoms with Crippen molar-refractivity contribution >= 4 is 17.6 Å². The van der Waals surface area contributed by atoms with E-state index in [0.717, 1.165) is 13.0 Å². The molecule has 0 amide bonds. The summed E-state index contributed by atoms with van der Waals surface area (Å²) in [5.41, 5.74) is -5.40. The molecule has 0 aliphatic rings. The van der Waals surface area contributed by atoms with E-state index >= 15 is 0 Å². The van der Waals surface area contributed by atoms with Crippen LogP contribution in [0.15, 0.2) is 18.2 Å². The molecule has 0 aliphatic carbocycles. The lowest BCUT2D eigenvalue weighted by atomic mass is 9.82. The van der Waals surface area contributed by atoms with E-state index in [1.54, 1.807) is 0 Å². The van der Waals surface area contributed by atoms with E-state index in [4.69, 9.17) is 10.2 Å². The van der Waals surface area contributed by atoms with Crippen molar-refractivity contribution < 1.29 is 37.9 Å². The number of nitrogens with zero attached hydrogens (tertiary/aromatic N) is 1. The van der Waals surface area contributed by atoms with Gasteiger partial charge in [-0.1, -0.05) is 6.07 Å². The molecular weight excluding hydrogens is 311 g/mol. The molecule has 0 fully saturated rings. The first kappa shape index (κ1) is 17.4. The minimum Gasteiger partial charge on any atom is -0.480 e. The highest BCUT2D eigenvalue weighted by Gasteiger charge is 2.44. The molecule has 0 saturated carbocycles. The van der Waals surface area contributed by atoms with Crippen LogP contribution in [0.3, 0.4) is 0 Å². The lowest BCUT2D eigenvalue weighted by Crippen LogP contribution is -2.38. The molecule has 0 saturated heterocycles. The summed E-state index contributed by atoms with van der Waals surface area (Å²) in [5, 5.41) is 28.4. The fraction of sp³-hybridized carbons (Fsp3) is 0.333. The number of benzene rings is 1. The van der Waals surface area contributed by atoms with Crippen LogP contribution in [0.1, 0.15) is 18.1 Å². The summed E-state index contributed by atoms with van der Waals surface area (Å²) in [6, 6.07) is 1.72. The van der Waals surface area contributed by atoms with Gasteiger partial charge in [0.15, 0.2) is 5.41 Å². The zero-order chi connectivity index (χ0) is 17.3. The molecule has 0 aliphatic heterocycles. The van der Waals surface area contributed by atoms with Gasteiger partial charge in [-0.25, -0.2) is 0 Å². The van der Waals surface area contributed by atoms with Crippen molar-refractivity contribution in [3.63, 3.8) is 0 Å². The van der Waals surface area contributed by atoms with E-state index in [-0.39, 0.29) is 6.07 Å². The average Bonchev–Trinajstić information content (AvgIpc) is 2.36. The molecule has 0 bridgehead atoms. The van der Waals surface area contributed by atoms with Gasteiger partial charge < -0.3 is 10.2 Å². The molecule has 2 N–H and O–H groups in total. The second-order valence-corrected chi connectivity index (χ2v) is 4.72. The summed E-state index contributed by atoms with van der Waals surface area (Å²) in [4.78, 5) is 31.6. The number of carboxylic acids is 2. The molecule has 22 heavy (non-hydrogen) atoms. The minimum atomic E-state index is -4.99. The van der Waals surface area contributed by atoms with Gasteiger partial charge in [0.25, 0.3) is 5.69 Å². The van der Waals surface area contributed by atoms with E-state index in [1.165, 1.54) is 0 Å². The van der Waals surface area contributed by atoms with Crippen LogP contribution >= 0.6 is 0 Å². The number of alkyl halides is 3. The van der Waals surface area contributed by atoms with Crippen molar-refractivity contribution in [2.24, 2.45) is 5.41 Å². The molecule has 1 aromatic rings. The van der Waals surface area contributed by atoms with E-state index in [9.17, 15) is 32.9 Å². The summed E-state index contributed by atoms with van der Waals surface area (Å²) in [6.07, 6.45) is -5.95. The normalized spacial score (nSPS) is 12.0. The highest BCUT2D eigenvalue weighted by molar-refractivity contribution is 5.98. The van der Waals surface area contributed by atoms with E-state index in [2.05, 4.69) is 0 Å². The molecule has 0 atom stereocenters. The number of non-ortho nitro benzene ring substituents is 1. The second-order valence-electron chi connectivity index (χ2n) is 4.72. The minimum absolute atomic E-state index is 0.249. The Morgan fingerprint density at radius 1 is 1.23 bits per heavy atom. The molecular formula is C12H10F3NO6. The maximum Gasteiger partial charge on any atom is 0.416 e. The summed E-state index contributed by atoms with van der Waals surface area (Å²) in [6.45, 7) is 0.763. The Kier molecular flexibility index (Phi) is 4.45. The largest absolute Gasteiger partial charge is 0.480 e. The maximum atomic E-state index is 13.0. The number of aliphatic carboxylic acids is 2. The molecule has 0 spiro atoms. The molecule has 7 nitrogen and oxygen atoms in total. The van der Waals surface area contributed by atoms with Crippen LogP contribution in [0.25, 0.3) is 0 Å². The smallest absolute Gasteiger partial charge is 0.416 e. The van der Waals surface area contributed by atoms with Gasteiger partial charge in [-0.05, 0) is 18.9 Å². The quantitative estimate of drug-likeness (QED) is 0.488. The fourth-order valence-corrected chi connectivity index (χ4v) is 1.72. The first-order valence-electron chi connectivity index (χ1n) is 5.71. The van der Waals surface area contributed by atoms with Gasteiger partial charge in [0, 0.05) is 12.1 Å². The van der Waals surface area contributed by atoms with Crippen LogP contribution in [-0.2, 0) is 22.2 Å². The van der Waals surface area contributed by atoms with Crippen molar-refractivity contribution in [3.05, 3.63) is 39.4 Å².